The predicted molar refractivity (Wildman–Crippen MR) is 82.5 cm³/mol. The number of benzene rings is 1. The summed E-state index contributed by atoms with van der Waals surface area (Å²) in [4.78, 5) is 24.0. The van der Waals surface area contributed by atoms with E-state index in [0.717, 1.165) is 17.6 Å². The molecule has 0 saturated heterocycles. The highest BCUT2D eigenvalue weighted by atomic mass is 16.5. The van der Waals surface area contributed by atoms with Gasteiger partial charge >= 0.3 is 5.97 Å². The monoisotopic (exact) mass is 284 g/mol. The summed E-state index contributed by atoms with van der Waals surface area (Å²) in [6.07, 6.45) is 5.32. The molecule has 0 aromatic heterocycles. The van der Waals surface area contributed by atoms with Gasteiger partial charge in [-0.1, -0.05) is 48.6 Å². The quantitative estimate of drug-likeness (QED) is 0.483. The fourth-order valence-corrected chi connectivity index (χ4v) is 2.66. The van der Waals surface area contributed by atoms with Crippen LogP contribution in [0.1, 0.15) is 24.8 Å². The topological polar surface area (TPSA) is 43.4 Å². The fourth-order valence-electron chi connectivity index (χ4n) is 2.66. The van der Waals surface area contributed by atoms with E-state index in [1.807, 2.05) is 30.3 Å². The number of allylic oxidation sites excluding steroid dienone is 2. The maximum absolute atomic E-state index is 12.3. The van der Waals surface area contributed by atoms with Gasteiger partial charge in [-0.15, -0.1) is 0 Å². The van der Waals surface area contributed by atoms with Crippen LogP contribution in [-0.4, -0.2) is 18.9 Å². The van der Waals surface area contributed by atoms with Gasteiger partial charge in [0.2, 0.25) is 0 Å². The average Bonchev–Trinajstić information content (AvgIpc) is 2.53. The molecule has 0 unspecified atom stereocenters. The smallest absolute Gasteiger partial charge is 0.308 e. The van der Waals surface area contributed by atoms with Gasteiger partial charge < -0.3 is 4.74 Å². The van der Waals surface area contributed by atoms with Crippen molar-refractivity contribution in [3.05, 3.63) is 54.1 Å². The molecule has 0 bridgehead atoms. The third-order valence-corrected chi connectivity index (χ3v) is 3.94. The van der Waals surface area contributed by atoms with Gasteiger partial charge in [0, 0.05) is 5.92 Å². The van der Waals surface area contributed by atoms with Gasteiger partial charge in [-0.2, -0.15) is 0 Å². The van der Waals surface area contributed by atoms with Gasteiger partial charge in [-0.3, -0.25) is 9.59 Å². The lowest BCUT2D eigenvalue weighted by Gasteiger charge is -2.27. The van der Waals surface area contributed by atoms with E-state index < -0.39 is 0 Å². The molecule has 110 valence electrons. The molecule has 0 aliphatic heterocycles. The summed E-state index contributed by atoms with van der Waals surface area (Å²) in [7, 11) is 1.39. The lowest BCUT2D eigenvalue weighted by Crippen LogP contribution is -2.28. The van der Waals surface area contributed by atoms with E-state index >= 15 is 0 Å². The summed E-state index contributed by atoms with van der Waals surface area (Å²) in [5, 5.41) is 0. The van der Waals surface area contributed by atoms with E-state index in [1.54, 1.807) is 12.2 Å². The highest BCUT2D eigenvalue weighted by Gasteiger charge is 2.32. The van der Waals surface area contributed by atoms with Crippen LogP contribution in [0.2, 0.25) is 0 Å². The maximum Gasteiger partial charge on any atom is 0.308 e. The molecule has 1 aromatic rings. The number of hydrogen-bond donors (Lipinski definition) is 0. The van der Waals surface area contributed by atoms with E-state index in [-0.39, 0.29) is 23.6 Å². The Morgan fingerprint density at radius 1 is 1.29 bits per heavy atom. The lowest BCUT2D eigenvalue weighted by atomic mass is 9.76. The molecule has 0 spiro atoms. The number of ether oxygens (including phenoxy) is 1. The van der Waals surface area contributed by atoms with E-state index in [9.17, 15) is 9.59 Å². The van der Waals surface area contributed by atoms with Crippen molar-refractivity contribution in [3.63, 3.8) is 0 Å². The highest BCUT2D eigenvalue weighted by Crippen LogP contribution is 2.34. The van der Waals surface area contributed by atoms with Crippen molar-refractivity contribution in [1.82, 2.24) is 0 Å². The normalized spacial score (nSPS) is 22.2. The van der Waals surface area contributed by atoms with Gasteiger partial charge in [0.05, 0.1) is 13.0 Å². The van der Waals surface area contributed by atoms with Crippen LogP contribution in [-0.2, 0) is 14.3 Å². The van der Waals surface area contributed by atoms with Gasteiger partial charge in [-0.25, -0.2) is 0 Å². The minimum Gasteiger partial charge on any atom is -0.469 e. The number of ketones is 1. The molecule has 1 saturated carbocycles. The Morgan fingerprint density at radius 2 is 2.00 bits per heavy atom. The first-order chi connectivity index (χ1) is 10.1. The van der Waals surface area contributed by atoms with Gasteiger partial charge in [0.25, 0.3) is 0 Å². The Balaban J connectivity index is 2.04. The summed E-state index contributed by atoms with van der Waals surface area (Å²) in [5.74, 6) is -0.688. The Morgan fingerprint density at radius 3 is 2.67 bits per heavy atom. The second kappa shape index (κ2) is 7.02. The predicted octanol–water partition coefficient (Wildman–Crippen LogP) is 3.41. The Kier molecular flexibility index (Phi) is 5.09. The van der Waals surface area contributed by atoms with Gasteiger partial charge in [0.1, 0.15) is 0 Å². The zero-order chi connectivity index (χ0) is 15.2. The number of hydrogen-bond acceptors (Lipinski definition) is 3. The third kappa shape index (κ3) is 3.91. The van der Waals surface area contributed by atoms with Crippen molar-refractivity contribution in [2.45, 2.75) is 19.3 Å². The Labute approximate surface area is 125 Å². The fraction of sp³-hybridized carbons (Fsp3) is 0.333. The molecule has 1 aliphatic rings. The number of carbonyl (C=O) groups excluding carboxylic acids is 2. The molecule has 1 aromatic carbocycles. The Hall–Kier alpha value is -2.16. The number of carbonyl (C=O) groups is 2. The van der Waals surface area contributed by atoms with E-state index in [2.05, 4.69) is 6.58 Å². The first-order valence-corrected chi connectivity index (χ1v) is 7.14. The first kappa shape index (κ1) is 15.2. The number of methoxy groups -OCH3 is 1. The van der Waals surface area contributed by atoms with Gasteiger partial charge in [-0.05, 0) is 30.9 Å². The second-order valence-corrected chi connectivity index (χ2v) is 5.35. The zero-order valence-electron chi connectivity index (χ0n) is 12.2. The summed E-state index contributed by atoms with van der Waals surface area (Å²) in [6, 6.07) is 9.67. The number of rotatable bonds is 4. The van der Waals surface area contributed by atoms with Crippen molar-refractivity contribution in [2.24, 2.45) is 11.8 Å². The molecule has 1 fully saturated rings. The molecule has 0 N–H and O–H groups in total. The summed E-state index contributed by atoms with van der Waals surface area (Å²) >= 11 is 0. The van der Waals surface area contributed by atoms with Crippen LogP contribution in [0.15, 0.2) is 48.6 Å². The molecule has 0 amide bonds. The second-order valence-electron chi connectivity index (χ2n) is 5.35. The van der Waals surface area contributed by atoms with Gasteiger partial charge in [0.15, 0.2) is 5.78 Å². The molecular formula is C18H20O3. The van der Waals surface area contributed by atoms with Crippen LogP contribution in [0.25, 0.3) is 6.08 Å². The SMILES string of the molecule is C=C1CC[C@@H](C(=O)OC)C[C@H]1C(=O)/C=C/c1ccccc1. The third-order valence-electron chi connectivity index (χ3n) is 3.94. The molecule has 2 rings (SSSR count). The minimum absolute atomic E-state index is 0.0115. The molecule has 3 nitrogen and oxygen atoms in total. The number of esters is 1. The average molecular weight is 284 g/mol. The minimum atomic E-state index is -0.275. The molecule has 2 atom stereocenters. The first-order valence-electron chi connectivity index (χ1n) is 7.14. The van der Waals surface area contributed by atoms with E-state index in [1.165, 1.54) is 7.11 Å². The molecule has 3 heteroatoms. The van der Waals surface area contributed by atoms with Crippen LogP contribution in [0.3, 0.4) is 0 Å². The molecule has 21 heavy (non-hydrogen) atoms. The van der Waals surface area contributed by atoms with E-state index in [0.29, 0.717) is 12.8 Å². The highest BCUT2D eigenvalue weighted by molar-refractivity contribution is 5.97. The lowest BCUT2D eigenvalue weighted by molar-refractivity contribution is -0.146. The van der Waals surface area contributed by atoms with Crippen molar-refractivity contribution in [3.8, 4) is 0 Å². The van der Waals surface area contributed by atoms with Crippen molar-refractivity contribution >= 4 is 17.8 Å². The molecule has 1 aliphatic carbocycles. The van der Waals surface area contributed by atoms with Crippen LogP contribution >= 0.6 is 0 Å². The molecule has 0 radical (unpaired) electrons. The maximum atomic E-state index is 12.3. The molecule has 0 heterocycles. The van der Waals surface area contributed by atoms with Crippen LogP contribution < -0.4 is 0 Å². The van der Waals surface area contributed by atoms with Crippen LogP contribution in [0.5, 0.6) is 0 Å². The van der Waals surface area contributed by atoms with Crippen molar-refractivity contribution in [2.75, 3.05) is 7.11 Å². The Bertz CT molecular complexity index is 557. The van der Waals surface area contributed by atoms with E-state index in [4.69, 9.17) is 4.74 Å². The summed E-state index contributed by atoms with van der Waals surface area (Å²) in [6.45, 7) is 3.98. The van der Waals surface area contributed by atoms with Crippen LogP contribution in [0, 0.1) is 11.8 Å². The largest absolute Gasteiger partial charge is 0.469 e. The van der Waals surface area contributed by atoms with Crippen molar-refractivity contribution in [1.29, 1.82) is 0 Å². The summed E-state index contributed by atoms with van der Waals surface area (Å²) in [5.41, 5.74) is 1.90. The van der Waals surface area contributed by atoms with Crippen LogP contribution in [0.4, 0.5) is 0 Å². The standard InChI is InChI=1S/C18H20O3/c1-13-8-10-15(18(20)21-2)12-16(13)17(19)11-9-14-6-4-3-5-7-14/h3-7,9,11,15-16H,1,8,10,12H2,2H3/b11-9+/t15-,16-/m1/s1. The zero-order valence-corrected chi connectivity index (χ0v) is 12.2. The molecular weight excluding hydrogens is 264 g/mol. The summed E-state index contributed by atoms with van der Waals surface area (Å²) < 4.78 is 4.78. The van der Waals surface area contributed by atoms with Crippen molar-refractivity contribution < 1.29 is 14.3 Å².